The summed E-state index contributed by atoms with van der Waals surface area (Å²) in [7, 11) is -3.23. The van der Waals surface area contributed by atoms with Gasteiger partial charge in [0.1, 0.15) is 5.71 Å². The summed E-state index contributed by atoms with van der Waals surface area (Å²) in [5.41, 5.74) is -0.488. The van der Waals surface area contributed by atoms with Crippen molar-refractivity contribution in [2.45, 2.75) is 44.4 Å². The maximum Gasteiger partial charge on any atom is 0.416 e. The molecule has 0 aliphatic carbocycles. The van der Waals surface area contributed by atoms with Gasteiger partial charge in [-0.05, 0) is 31.0 Å². The highest BCUT2D eigenvalue weighted by Gasteiger charge is 2.37. The molecule has 0 aromatic heterocycles. The summed E-state index contributed by atoms with van der Waals surface area (Å²) in [6.07, 6.45) is -4.14. The van der Waals surface area contributed by atoms with E-state index in [1.54, 1.807) is 6.92 Å². The largest absolute Gasteiger partial charge is 0.416 e. The first kappa shape index (κ1) is 21.3. The summed E-state index contributed by atoms with van der Waals surface area (Å²) in [4.78, 5) is 24.7. The lowest BCUT2D eigenvalue weighted by atomic mass is 10.0. The molecule has 1 saturated heterocycles. The highest BCUT2D eigenvalue weighted by Crippen LogP contribution is 2.30. The van der Waals surface area contributed by atoms with Crippen molar-refractivity contribution in [1.82, 2.24) is 10.3 Å². The first-order valence-corrected chi connectivity index (χ1v) is 10.9. The van der Waals surface area contributed by atoms with Crippen molar-refractivity contribution < 1.29 is 31.2 Å². The zero-order valence-electron chi connectivity index (χ0n) is 15.6. The Morgan fingerprint density at radius 2 is 2.03 bits per heavy atom. The fraction of sp³-hybridized carbons (Fsp3) is 0.500. The molecule has 7 nitrogen and oxygen atoms in total. The van der Waals surface area contributed by atoms with E-state index in [1.165, 1.54) is 12.1 Å². The molecule has 1 aromatic rings. The smallest absolute Gasteiger partial charge is 0.344 e. The van der Waals surface area contributed by atoms with Crippen molar-refractivity contribution in [3.05, 3.63) is 35.4 Å². The molecule has 3 rings (SSSR count). The van der Waals surface area contributed by atoms with Crippen molar-refractivity contribution in [1.29, 1.82) is 0 Å². The lowest BCUT2D eigenvalue weighted by Gasteiger charge is -2.28. The molecular weight excluding hydrogens is 411 g/mol. The van der Waals surface area contributed by atoms with Crippen LogP contribution in [0.5, 0.6) is 0 Å². The molecule has 1 fully saturated rings. The van der Waals surface area contributed by atoms with E-state index in [4.69, 9.17) is 0 Å². The van der Waals surface area contributed by atoms with Gasteiger partial charge in [-0.2, -0.15) is 18.3 Å². The molecule has 1 aromatic carbocycles. The van der Waals surface area contributed by atoms with Gasteiger partial charge in [0, 0.05) is 12.8 Å². The van der Waals surface area contributed by atoms with E-state index in [1.807, 2.05) is 0 Å². The van der Waals surface area contributed by atoms with Gasteiger partial charge in [0.15, 0.2) is 9.84 Å². The Labute approximate surface area is 165 Å². The number of amides is 2. The van der Waals surface area contributed by atoms with E-state index in [0.29, 0.717) is 0 Å². The lowest BCUT2D eigenvalue weighted by molar-refractivity contribution is -0.137. The van der Waals surface area contributed by atoms with Crippen molar-refractivity contribution >= 4 is 27.4 Å². The Balaban J connectivity index is 1.73. The van der Waals surface area contributed by atoms with Gasteiger partial charge in [0.25, 0.3) is 5.91 Å². The van der Waals surface area contributed by atoms with E-state index in [9.17, 15) is 31.2 Å². The second kappa shape index (κ2) is 7.77. The molecule has 0 spiro atoms. The molecule has 11 heteroatoms. The molecule has 0 radical (unpaired) electrons. The zero-order valence-corrected chi connectivity index (χ0v) is 16.4. The van der Waals surface area contributed by atoms with Gasteiger partial charge in [0.05, 0.1) is 29.2 Å². The summed E-state index contributed by atoms with van der Waals surface area (Å²) in [6.45, 7) is 1.54. The highest BCUT2D eigenvalue weighted by atomic mass is 32.2. The molecule has 1 N–H and O–H groups in total. The molecule has 2 amide bonds. The second-order valence-electron chi connectivity index (χ2n) is 7.16. The van der Waals surface area contributed by atoms with E-state index >= 15 is 0 Å². The minimum absolute atomic E-state index is 0.0146. The van der Waals surface area contributed by atoms with Crippen LogP contribution in [0.25, 0.3) is 0 Å². The molecule has 2 aliphatic rings. The van der Waals surface area contributed by atoms with Crippen molar-refractivity contribution in [2.75, 3.05) is 11.5 Å². The van der Waals surface area contributed by atoms with Gasteiger partial charge < -0.3 is 5.32 Å². The average Bonchev–Trinajstić information content (AvgIpc) is 3.01. The third kappa shape index (κ3) is 4.95. The summed E-state index contributed by atoms with van der Waals surface area (Å²) in [5.74, 6) is -1.19. The molecule has 0 bridgehead atoms. The normalized spacial score (nSPS) is 22.9. The van der Waals surface area contributed by atoms with Crippen LogP contribution in [-0.2, 0) is 25.6 Å². The first-order valence-electron chi connectivity index (χ1n) is 9.04. The SMILES string of the molecule is C[C@@H](NC(=O)C1=NN([C@H]2CCS(=O)(=O)C2)C(=O)CC1)c1cccc(C(F)(F)F)c1. The molecule has 158 valence electrons. The number of nitrogens with one attached hydrogen (secondary N) is 1. The molecule has 2 heterocycles. The Kier molecular flexibility index (Phi) is 5.70. The van der Waals surface area contributed by atoms with E-state index < -0.39 is 39.6 Å². The predicted molar refractivity (Wildman–Crippen MR) is 98.6 cm³/mol. The lowest BCUT2D eigenvalue weighted by Crippen LogP contribution is -2.44. The van der Waals surface area contributed by atoms with Gasteiger partial charge in [-0.15, -0.1) is 0 Å². The van der Waals surface area contributed by atoms with E-state index in [2.05, 4.69) is 10.4 Å². The number of halogens is 3. The Morgan fingerprint density at radius 3 is 2.66 bits per heavy atom. The van der Waals surface area contributed by atoms with Crippen LogP contribution in [0.4, 0.5) is 13.2 Å². The minimum atomic E-state index is -4.49. The number of hydrogen-bond acceptors (Lipinski definition) is 5. The Bertz CT molecular complexity index is 959. The van der Waals surface area contributed by atoms with Gasteiger partial charge in [0.2, 0.25) is 5.91 Å². The number of sulfone groups is 1. The molecule has 0 unspecified atom stereocenters. The fourth-order valence-electron chi connectivity index (χ4n) is 3.34. The number of alkyl halides is 3. The number of nitrogens with zero attached hydrogens (tertiary/aromatic N) is 2. The molecule has 2 atom stereocenters. The Morgan fingerprint density at radius 1 is 1.31 bits per heavy atom. The zero-order chi connectivity index (χ0) is 21.4. The Hall–Kier alpha value is -2.43. The third-order valence-electron chi connectivity index (χ3n) is 4.94. The summed E-state index contributed by atoms with van der Waals surface area (Å²) < 4.78 is 62.0. The van der Waals surface area contributed by atoms with Crippen LogP contribution in [0.1, 0.15) is 43.4 Å². The van der Waals surface area contributed by atoms with Gasteiger partial charge in [-0.3, -0.25) is 9.59 Å². The number of carbonyl (C=O) groups excluding carboxylic acids is 2. The van der Waals surface area contributed by atoms with Gasteiger partial charge in [-0.25, -0.2) is 13.4 Å². The van der Waals surface area contributed by atoms with Crippen LogP contribution in [0, 0.1) is 0 Å². The van der Waals surface area contributed by atoms with Crippen molar-refractivity contribution in [2.24, 2.45) is 5.10 Å². The molecular formula is C18H20F3N3O4S. The first-order chi connectivity index (χ1) is 13.5. The van der Waals surface area contributed by atoms with E-state index in [-0.39, 0.29) is 48.0 Å². The molecule has 0 saturated carbocycles. The number of hydrogen-bond donors (Lipinski definition) is 1. The number of benzene rings is 1. The minimum Gasteiger partial charge on any atom is -0.344 e. The van der Waals surface area contributed by atoms with Crippen LogP contribution >= 0.6 is 0 Å². The standard InChI is InChI=1S/C18H20F3N3O4S/c1-11(12-3-2-4-13(9-12)18(19,20)21)22-17(26)15-5-6-16(25)24(23-15)14-7-8-29(27,28)10-14/h2-4,9,11,14H,5-8,10H2,1H3,(H,22,26)/t11-,14+/m1/s1. The summed E-state index contributed by atoms with van der Waals surface area (Å²) in [5, 5.41) is 7.72. The topological polar surface area (TPSA) is 95.9 Å². The quantitative estimate of drug-likeness (QED) is 0.789. The number of rotatable bonds is 4. The maximum absolute atomic E-state index is 12.9. The van der Waals surface area contributed by atoms with Gasteiger partial charge >= 0.3 is 6.18 Å². The van der Waals surface area contributed by atoms with Crippen LogP contribution in [0.15, 0.2) is 29.4 Å². The van der Waals surface area contributed by atoms with E-state index in [0.717, 1.165) is 17.1 Å². The van der Waals surface area contributed by atoms with Crippen LogP contribution in [-0.4, -0.2) is 48.5 Å². The monoisotopic (exact) mass is 431 g/mol. The number of hydrazone groups is 1. The van der Waals surface area contributed by atoms with Crippen molar-refractivity contribution in [3.8, 4) is 0 Å². The number of carbonyl (C=O) groups is 2. The second-order valence-corrected chi connectivity index (χ2v) is 9.39. The van der Waals surface area contributed by atoms with Gasteiger partial charge in [-0.1, -0.05) is 12.1 Å². The van der Waals surface area contributed by atoms with Crippen LogP contribution in [0.2, 0.25) is 0 Å². The molecule has 29 heavy (non-hydrogen) atoms. The average molecular weight is 431 g/mol. The van der Waals surface area contributed by atoms with Crippen LogP contribution < -0.4 is 5.32 Å². The highest BCUT2D eigenvalue weighted by molar-refractivity contribution is 7.91. The predicted octanol–water partition coefficient (Wildman–Crippen LogP) is 2.05. The molecule has 2 aliphatic heterocycles. The maximum atomic E-state index is 12.9. The summed E-state index contributed by atoms with van der Waals surface area (Å²) in [6, 6.07) is 3.33. The fourth-order valence-corrected chi connectivity index (χ4v) is 5.03. The van der Waals surface area contributed by atoms with Crippen molar-refractivity contribution in [3.63, 3.8) is 0 Å². The summed E-state index contributed by atoms with van der Waals surface area (Å²) >= 11 is 0. The third-order valence-corrected chi connectivity index (χ3v) is 6.69. The van der Waals surface area contributed by atoms with Crippen LogP contribution in [0.3, 0.4) is 0 Å².